The highest BCUT2D eigenvalue weighted by Crippen LogP contribution is 2.20. The summed E-state index contributed by atoms with van der Waals surface area (Å²) in [5, 5.41) is 38.8. The standard InChI is InChI=1S/C32H43N11O8/c1-3-22-20-43(42-41-22)11-13-50-15-17-51-16-14-49-12-10-34-26(44)9-8-25(31(47)48)38-29(45)21-4-6-23(7-5-21)35-18-24-19-36-28-27(37-24)30(46)40-32(33-2)39-28/h4-7,19-20,25,35H,3,8-18H2,1-2H3,(H,34,44)(H,38,45)(H,47,48)(H2,33,36,39,40,46)/t25-/m0/s1. The second-order valence-electron chi connectivity index (χ2n) is 11.0. The van der Waals surface area contributed by atoms with E-state index in [4.69, 9.17) is 14.2 Å². The van der Waals surface area contributed by atoms with E-state index in [2.05, 4.69) is 51.5 Å². The minimum absolute atomic E-state index is 0.0917. The van der Waals surface area contributed by atoms with Crippen LogP contribution in [0.3, 0.4) is 0 Å². The van der Waals surface area contributed by atoms with Gasteiger partial charge in [-0.05, 0) is 37.1 Å². The molecule has 0 fully saturated rings. The summed E-state index contributed by atoms with van der Waals surface area (Å²) in [6, 6.07) is 5.13. The number of ether oxygens (including phenoxy) is 3. The largest absolute Gasteiger partial charge is 0.492 e. The van der Waals surface area contributed by atoms with Gasteiger partial charge >= 0.3 is 5.97 Å². The van der Waals surface area contributed by atoms with Crippen LogP contribution in [0.4, 0.5) is 11.6 Å². The first-order chi connectivity index (χ1) is 24.7. The van der Waals surface area contributed by atoms with Crippen molar-refractivity contribution in [2.45, 2.75) is 45.3 Å². The van der Waals surface area contributed by atoms with E-state index < -0.39 is 17.9 Å². The van der Waals surface area contributed by atoms with Crippen LogP contribution in [0.1, 0.15) is 41.5 Å². The molecule has 1 aromatic carbocycles. The maximum atomic E-state index is 12.8. The third-order valence-electron chi connectivity index (χ3n) is 7.27. The van der Waals surface area contributed by atoms with Crippen LogP contribution >= 0.6 is 0 Å². The molecule has 0 radical (unpaired) electrons. The van der Waals surface area contributed by atoms with Gasteiger partial charge in [-0.3, -0.25) is 9.59 Å². The number of aromatic hydroxyl groups is 1. The number of nitrogens with zero attached hydrogens (tertiary/aromatic N) is 7. The van der Waals surface area contributed by atoms with E-state index >= 15 is 0 Å². The Balaban J connectivity index is 1.06. The van der Waals surface area contributed by atoms with E-state index in [9.17, 15) is 24.6 Å². The fraction of sp³-hybridized carbons (Fsp3) is 0.469. The number of aryl methyl sites for hydroxylation is 1. The SMILES string of the molecule is CCc1cn(CCOCCOCCOCCNC(=O)CC[C@H](NC(=O)c2ccc(NCc3cnc4nc(NC)nc(O)c4n3)cc2)C(=O)O)nn1. The summed E-state index contributed by atoms with van der Waals surface area (Å²) in [5.41, 5.74) is 2.77. The van der Waals surface area contributed by atoms with Gasteiger partial charge in [0.1, 0.15) is 6.04 Å². The first-order valence-electron chi connectivity index (χ1n) is 16.4. The molecule has 19 heteroatoms. The Morgan fingerprint density at radius 1 is 0.941 bits per heavy atom. The van der Waals surface area contributed by atoms with Crippen LogP contribution in [-0.4, -0.2) is 122 Å². The molecule has 0 aliphatic heterocycles. The van der Waals surface area contributed by atoms with Gasteiger partial charge in [0, 0.05) is 37.5 Å². The lowest BCUT2D eigenvalue weighted by atomic mass is 10.1. The molecule has 6 N–H and O–H groups in total. The normalized spacial score (nSPS) is 11.6. The molecule has 0 saturated heterocycles. The maximum Gasteiger partial charge on any atom is 0.326 e. The number of benzene rings is 1. The van der Waals surface area contributed by atoms with Gasteiger partial charge in [0.2, 0.25) is 17.7 Å². The van der Waals surface area contributed by atoms with Gasteiger partial charge in [0.15, 0.2) is 11.2 Å². The average molecular weight is 710 g/mol. The molecule has 19 nitrogen and oxygen atoms in total. The predicted molar refractivity (Wildman–Crippen MR) is 183 cm³/mol. The highest BCUT2D eigenvalue weighted by atomic mass is 16.5. The number of rotatable bonds is 23. The van der Waals surface area contributed by atoms with Crippen LogP contribution in [-0.2, 0) is 43.3 Å². The number of hydrogen-bond donors (Lipinski definition) is 6. The van der Waals surface area contributed by atoms with Gasteiger partial charge < -0.3 is 45.7 Å². The summed E-state index contributed by atoms with van der Waals surface area (Å²) in [5.74, 6) is -2.27. The van der Waals surface area contributed by atoms with E-state index in [1.165, 1.54) is 18.3 Å². The number of nitrogens with one attached hydrogen (secondary N) is 4. The smallest absolute Gasteiger partial charge is 0.326 e. The molecule has 0 bridgehead atoms. The molecule has 3 heterocycles. The van der Waals surface area contributed by atoms with Crippen molar-refractivity contribution in [1.82, 2.24) is 45.6 Å². The van der Waals surface area contributed by atoms with Crippen molar-refractivity contribution >= 4 is 40.6 Å². The van der Waals surface area contributed by atoms with Crippen LogP contribution < -0.4 is 21.3 Å². The van der Waals surface area contributed by atoms with Crippen molar-refractivity contribution in [1.29, 1.82) is 0 Å². The molecule has 0 unspecified atom stereocenters. The van der Waals surface area contributed by atoms with Crippen LogP contribution in [0, 0.1) is 0 Å². The zero-order chi connectivity index (χ0) is 36.4. The summed E-state index contributed by atoms with van der Waals surface area (Å²) < 4.78 is 18.2. The third kappa shape index (κ3) is 12.7. The van der Waals surface area contributed by atoms with Crippen molar-refractivity contribution in [3.8, 4) is 5.88 Å². The Bertz CT molecular complexity index is 1720. The predicted octanol–water partition coefficient (Wildman–Crippen LogP) is 0.763. The molecule has 274 valence electrons. The monoisotopic (exact) mass is 709 g/mol. The van der Waals surface area contributed by atoms with E-state index in [0.717, 1.165) is 12.1 Å². The number of anilines is 2. The number of carbonyl (C=O) groups excluding carboxylic acids is 2. The molecule has 0 spiro atoms. The van der Waals surface area contributed by atoms with Gasteiger partial charge in [-0.2, -0.15) is 9.97 Å². The zero-order valence-corrected chi connectivity index (χ0v) is 28.5. The minimum Gasteiger partial charge on any atom is -0.492 e. The molecule has 0 aliphatic rings. The van der Waals surface area contributed by atoms with Crippen molar-refractivity contribution in [2.24, 2.45) is 0 Å². The van der Waals surface area contributed by atoms with Crippen LogP contribution in [0.5, 0.6) is 5.88 Å². The molecule has 2 amide bonds. The quantitative estimate of drug-likeness (QED) is 0.0582. The van der Waals surface area contributed by atoms with Crippen LogP contribution in [0.25, 0.3) is 11.2 Å². The number of aliphatic carboxylic acids is 1. The minimum atomic E-state index is -1.26. The summed E-state index contributed by atoms with van der Waals surface area (Å²) >= 11 is 0. The summed E-state index contributed by atoms with van der Waals surface area (Å²) in [4.78, 5) is 53.4. The Hall–Kier alpha value is -5.53. The number of carbonyl (C=O) groups is 3. The van der Waals surface area contributed by atoms with E-state index in [0.29, 0.717) is 51.0 Å². The Kier molecular flexibility index (Phi) is 15.2. The van der Waals surface area contributed by atoms with Gasteiger partial charge in [0.05, 0.1) is 70.3 Å². The van der Waals surface area contributed by atoms with Gasteiger partial charge in [-0.15, -0.1) is 5.10 Å². The number of carboxylic acids is 1. The molecule has 3 aromatic heterocycles. The topological polar surface area (TPSA) is 250 Å². The van der Waals surface area contributed by atoms with Gasteiger partial charge in [-0.1, -0.05) is 12.1 Å². The van der Waals surface area contributed by atoms with Crippen molar-refractivity contribution < 1.29 is 38.8 Å². The van der Waals surface area contributed by atoms with E-state index in [1.807, 2.05) is 13.1 Å². The number of hydrogen-bond acceptors (Lipinski definition) is 15. The highest BCUT2D eigenvalue weighted by molar-refractivity contribution is 5.97. The molecular formula is C32H43N11O8. The van der Waals surface area contributed by atoms with Crippen LogP contribution in [0.15, 0.2) is 36.7 Å². The first kappa shape index (κ1) is 38.3. The van der Waals surface area contributed by atoms with E-state index in [-0.39, 0.29) is 67.0 Å². The van der Waals surface area contributed by atoms with Gasteiger partial charge in [-0.25, -0.2) is 19.4 Å². The third-order valence-corrected chi connectivity index (χ3v) is 7.27. The molecule has 4 aromatic rings. The second-order valence-corrected chi connectivity index (χ2v) is 11.0. The molecule has 0 saturated carbocycles. The van der Waals surface area contributed by atoms with Crippen molar-refractivity contribution in [3.63, 3.8) is 0 Å². The fourth-order valence-corrected chi connectivity index (χ4v) is 4.49. The highest BCUT2D eigenvalue weighted by Gasteiger charge is 2.22. The summed E-state index contributed by atoms with van der Waals surface area (Å²) in [6.45, 7) is 5.51. The number of amides is 2. The molecule has 4 rings (SSSR count). The number of aromatic nitrogens is 7. The maximum absolute atomic E-state index is 12.8. The summed E-state index contributed by atoms with van der Waals surface area (Å²) in [7, 11) is 1.62. The zero-order valence-electron chi connectivity index (χ0n) is 28.5. The molecule has 0 aliphatic carbocycles. The molecular weight excluding hydrogens is 666 g/mol. The Morgan fingerprint density at radius 2 is 1.67 bits per heavy atom. The average Bonchev–Trinajstić information content (AvgIpc) is 3.61. The molecule has 1 atom stereocenters. The van der Waals surface area contributed by atoms with Gasteiger partial charge in [0.25, 0.3) is 5.91 Å². The van der Waals surface area contributed by atoms with Crippen molar-refractivity contribution in [3.05, 3.63) is 53.6 Å². The van der Waals surface area contributed by atoms with Crippen LogP contribution in [0.2, 0.25) is 0 Å². The second kappa shape index (κ2) is 20.2. The first-order valence-corrected chi connectivity index (χ1v) is 16.4. The lowest BCUT2D eigenvalue weighted by Crippen LogP contribution is -2.41. The Morgan fingerprint density at radius 3 is 2.35 bits per heavy atom. The Labute approximate surface area is 293 Å². The molecule has 51 heavy (non-hydrogen) atoms. The number of fused-ring (bicyclic) bond motifs is 1. The van der Waals surface area contributed by atoms with Crippen molar-refractivity contribution in [2.75, 3.05) is 63.9 Å². The lowest BCUT2D eigenvalue weighted by molar-refractivity contribution is -0.139. The summed E-state index contributed by atoms with van der Waals surface area (Å²) in [6.07, 6.45) is 4.06. The van der Waals surface area contributed by atoms with E-state index in [1.54, 1.807) is 23.9 Å². The fourth-order valence-electron chi connectivity index (χ4n) is 4.49. The number of carboxylic acid groups (broad SMARTS) is 1. The lowest BCUT2D eigenvalue weighted by Gasteiger charge is -2.15.